The summed E-state index contributed by atoms with van der Waals surface area (Å²) in [4.78, 5) is 29.4. The second-order valence-corrected chi connectivity index (χ2v) is 8.26. The highest BCUT2D eigenvalue weighted by Gasteiger charge is 2.27. The van der Waals surface area contributed by atoms with Crippen LogP contribution in [-0.2, 0) is 9.59 Å². The van der Waals surface area contributed by atoms with Crippen molar-refractivity contribution in [3.63, 3.8) is 0 Å². The second-order valence-electron chi connectivity index (χ2n) is 8.26. The number of nitrogens with one attached hydrogen (secondary N) is 4. The first-order valence-electron chi connectivity index (χ1n) is 11.3. The highest BCUT2D eigenvalue weighted by molar-refractivity contribution is 6.06. The molecule has 8 heteroatoms. The number of hydrazone groups is 1. The molecule has 0 radical (unpaired) electrons. The molecule has 1 unspecified atom stereocenters. The summed E-state index contributed by atoms with van der Waals surface area (Å²) in [6.45, 7) is 1.90. The third-order valence-electron chi connectivity index (χ3n) is 5.74. The Labute approximate surface area is 202 Å². The van der Waals surface area contributed by atoms with Gasteiger partial charge in [0.2, 0.25) is 11.8 Å². The largest absolute Gasteiger partial charge is 0.372 e. The fraction of sp³-hybridized carbons (Fsp3) is 0.111. The van der Waals surface area contributed by atoms with Gasteiger partial charge in [-0.3, -0.25) is 15.0 Å². The summed E-state index contributed by atoms with van der Waals surface area (Å²) in [5.41, 5.74) is 7.74. The van der Waals surface area contributed by atoms with E-state index in [1.165, 1.54) is 0 Å². The first kappa shape index (κ1) is 22.1. The topological polar surface area (TPSA) is 108 Å². The SMILES string of the molecule is C/C(=N\Nc1ccc2ccccc2n1)c1ccc(NC(=O)CC2Nc3ccccc3NC2=O)cc1. The van der Waals surface area contributed by atoms with Gasteiger partial charge in [-0.25, -0.2) is 4.98 Å². The summed E-state index contributed by atoms with van der Waals surface area (Å²) in [5, 5.41) is 14.3. The number of pyridine rings is 1. The average molecular weight is 465 g/mol. The van der Waals surface area contributed by atoms with Crippen LogP contribution >= 0.6 is 0 Å². The number of carbonyl (C=O) groups is 2. The smallest absolute Gasteiger partial charge is 0.247 e. The molecular formula is C27H24N6O2. The summed E-state index contributed by atoms with van der Waals surface area (Å²) in [7, 11) is 0. The molecule has 0 fully saturated rings. The standard InChI is InChI=1S/C27H24N6O2/c1-17(32-33-25-15-12-19-6-2-3-7-21(19)30-25)18-10-13-20(14-11-18)28-26(34)16-24-27(35)31-23-9-5-4-8-22(23)29-24/h2-15,24,29H,16H2,1H3,(H,28,34)(H,30,33)(H,31,35)/b32-17+. The maximum atomic E-state index is 12.5. The Balaban J connectivity index is 1.18. The fourth-order valence-corrected chi connectivity index (χ4v) is 3.86. The van der Waals surface area contributed by atoms with Crippen molar-refractivity contribution in [1.82, 2.24) is 4.98 Å². The van der Waals surface area contributed by atoms with Gasteiger partial charge in [0.1, 0.15) is 11.9 Å². The number of hydrogen-bond acceptors (Lipinski definition) is 6. The quantitative estimate of drug-likeness (QED) is 0.241. The monoisotopic (exact) mass is 464 g/mol. The first-order valence-corrected chi connectivity index (χ1v) is 11.3. The molecule has 2 heterocycles. The predicted molar refractivity (Wildman–Crippen MR) is 140 cm³/mol. The van der Waals surface area contributed by atoms with Crippen molar-refractivity contribution in [1.29, 1.82) is 0 Å². The van der Waals surface area contributed by atoms with Gasteiger partial charge >= 0.3 is 0 Å². The molecule has 1 atom stereocenters. The fourth-order valence-electron chi connectivity index (χ4n) is 3.86. The van der Waals surface area contributed by atoms with Gasteiger partial charge in [0.15, 0.2) is 0 Å². The van der Waals surface area contributed by atoms with Crippen LogP contribution in [0.3, 0.4) is 0 Å². The number of carbonyl (C=O) groups excluding carboxylic acids is 2. The van der Waals surface area contributed by atoms with Crippen LogP contribution in [0, 0.1) is 0 Å². The van der Waals surface area contributed by atoms with E-state index in [2.05, 4.69) is 31.5 Å². The zero-order valence-corrected chi connectivity index (χ0v) is 19.1. The number of fused-ring (bicyclic) bond motifs is 2. The summed E-state index contributed by atoms with van der Waals surface area (Å²) in [6, 6.07) is 25.9. The van der Waals surface area contributed by atoms with Crippen LogP contribution in [0.5, 0.6) is 0 Å². The molecule has 3 aromatic carbocycles. The normalized spacial score (nSPS) is 15.1. The Bertz CT molecular complexity index is 1430. The highest BCUT2D eigenvalue weighted by atomic mass is 16.2. The maximum absolute atomic E-state index is 12.5. The lowest BCUT2D eigenvalue weighted by molar-refractivity contribution is -0.122. The number of rotatable bonds is 6. The Hall–Kier alpha value is -4.72. The number of anilines is 4. The van der Waals surface area contributed by atoms with Crippen LogP contribution in [0.4, 0.5) is 22.9 Å². The van der Waals surface area contributed by atoms with Crippen molar-refractivity contribution in [3.8, 4) is 0 Å². The van der Waals surface area contributed by atoms with E-state index in [1.54, 1.807) is 0 Å². The van der Waals surface area contributed by atoms with E-state index in [-0.39, 0.29) is 18.2 Å². The molecule has 35 heavy (non-hydrogen) atoms. The van der Waals surface area contributed by atoms with Gasteiger partial charge in [-0.15, -0.1) is 0 Å². The van der Waals surface area contributed by atoms with Gasteiger partial charge in [-0.05, 0) is 55.0 Å². The molecule has 0 aliphatic carbocycles. The predicted octanol–water partition coefficient (Wildman–Crippen LogP) is 4.83. The van der Waals surface area contributed by atoms with E-state index in [1.807, 2.05) is 91.9 Å². The van der Waals surface area contributed by atoms with E-state index in [0.29, 0.717) is 17.2 Å². The van der Waals surface area contributed by atoms with Crippen LogP contribution in [0.2, 0.25) is 0 Å². The Morgan fingerprint density at radius 2 is 1.69 bits per heavy atom. The third-order valence-corrected chi connectivity index (χ3v) is 5.74. The molecule has 0 saturated carbocycles. The number of benzene rings is 3. The molecule has 0 bridgehead atoms. The van der Waals surface area contributed by atoms with E-state index >= 15 is 0 Å². The molecule has 174 valence electrons. The number of para-hydroxylation sites is 3. The third kappa shape index (κ3) is 5.11. The van der Waals surface area contributed by atoms with Crippen molar-refractivity contribution < 1.29 is 9.59 Å². The number of hydrogen-bond donors (Lipinski definition) is 4. The van der Waals surface area contributed by atoms with Crippen LogP contribution in [-0.4, -0.2) is 28.6 Å². The van der Waals surface area contributed by atoms with Crippen molar-refractivity contribution >= 4 is 51.3 Å². The molecule has 2 amide bonds. The molecule has 0 spiro atoms. The lowest BCUT2D eigenvalue weighted by Gasteiger charge is -2.26. The van der Waals surface area contributed by atoms with Gasteiger partial charge in [0.05, 0.1) is 29.0 Å². The van der Waals surface area contributed by atoms with E-state index in [9.17, 15) is 9.59 Å². The van der Waals surface area contributed by atoms with Gasteiger partial charge < -0.3 is 16.0 Å². The van der Waals surface area contributed by atoms with Gasteiger partial charge in [-0.2, -0.15) is 5.10 Å². The minimum Gasteiger partial charge on any atom is -0.372 e. The molecule has 1 aromatic heterocycles. The number of nitrogens with zero attached hydrogens (tertiary/aromatic N) is 2. The lowest BCUT2D eigenvalue weighted by atomic mass is 10.1. The van der Waals surface area contributed by atoms with E-state index < -0.39 is 6.04 Å². The average Bonchev–Trinajstić information content (AvgIpc) is 2.88. The molecule has 5 rings (SSSR count). The summed E-state index contributed by atoms with van der Waals surface area (Å²) < 4.78 is 0. The van der Waals surface area contributed by atoms with Gasteiger partial charge in [0, 0.05) is 11.1 Å². The number of amides is 2. The second kappa shape index (κ2) is 9.64. The minimum absolute atomic E-state index is 0.0189. The van der Waals surface area contributed by atoms with Crippen LogP contribution in [0.15, 0.2) is 90.0 Å². The highest BCUT2D eigenvalue weighted by Crippen LogP contribution is 2.27. The van der Waals surface area contributed by atoms with E-state index in [0.717, 1.165) is 27.9 Å². The van der Waals surface area contributed by atoms with Crippen LogP contribution < -0.4 is 21.4 Å². The zero-order valence-electron chi connectivity index (χ0n) is 19.1. The number of aromatic nitrogens is 1. The molecule has 4 aromatic rings. The Morgan fingerprint density at radius 1 is 0.943 bits per heavy atom. The van der Waals surface area contributed by atoms with Crippen molar-refractivity contribution in [2.75, 3.05) is 21.4 Å². The molecule has 1 aliphatic rings. The van der Waals surface area contributed by atoms with Gasteiger partial charge in [0.25, 0.3) is 0 Å². The van der Waals surface area contributed by atoms with Crippen LogP contribution in [0.25, 0.3) is 10.9 Å². The summed E-state index contributed by atoms with van der Waals surface area (Å²) in [6.07, 6.45) is 0.0189. The Kier molecular flexibility index (Phi) is 6.09. The molecule has 0 saturated heterocycles. The van der Waals surface area contributed by atoms with Crippen molar-refractivity contribution in [2.24, 2.45) is 5.10 Å². The molecular weight excluding hydrogens is 440 g/mol. The molecule has 8 nitrogen and oxygen atoms in total. The van der Waals surface area contributed by atoms with Crippen molar-refractivity contribution in [2.45, 2.75) is 19.4 Å². The summed E-state index contributed by atoms with van der Waals surface area (Å²) >= 11 is 0. The van der Waals surface area contributed by atoms with E-state index in [4.69, 9.17) is 0 Å². The molecule has 1 aliphatic heterocycles. The molecule has 4 N–H and O–H groups in total. The van der Waals surface area contributed by atoms with Crippen molar-refractivity contribution in [3.05, 3.63) is 90.5 Å². The zero-order chi connectivity index (χ0) is 24.2. The van der Waals surface area contributed by atoms with Gasteiger partial charge in [-0.1, -0.05) is 42.5 Å². The summed E-state index contributed by atoms with van der Waals surface area (Å²) in [5.74, 6) is 0.184. The van der Waals surface area contributed by atoms with Crippen LogP contribution in [0.1, 0.15) is 18.9 Å². The maximum Gasteiger partial charge on any atom is 0.247 e. The Morgan fingerprint density at radius 3 is 2.51 bits per heavy atom. The first-order chi connectivity index (χ1) is 17.0. The minimum atomic E-state index is -0.631. The lowest BCUT2D eigenvalue weighted by Crippen LogP contribution is -2.41.